The van der Waals surface area contributed by atoms with E-state index in [2.05, 4.69) is 0 Å². The summed E-state index contributed by atoms with van der Waals surface area (Å²) in [6.07, 6.45) is 5.75. The summed E-state index contributed by atoms with van der Waals surface area (Å²) in [5.41, 5.74) is 7.60. The summed E-state index contributed by atoms with van der Waals surface area (Å²) in [6, 6.07) is 4.56. The minimum atomic E-state index is -0.526. The first-order valence-electron chi connectivity index (χ1n) is 9.06. The van der Waals surface area contributed by atoms with Crippen molar-refractivity contribution >= 4 is 24.0 Å². The van der Waals surface area contributed by atoms with Crippen LogP contribution in [0.5, 0.6) is 0 Å². The summed E-state index contributed by atoms with van der Waals surface area (Å²) >= 11 is 0. The zero-order valence-electron chi connectivity index (χ0n) is 14.4. The van der Waals surface area contributed by atoms with Crippen LogP contribution in [0.15, 0.2) is 18.2 Å². The molecule has 4 nitrogen and oxygen atoms in total. The minimum Gasteiger partial charge on any atom is -0.381 e. The molecule has 1 aromatic rings. The predicted octanol–water partition coefficient (Wildman–Crippen LogP) is 3.16. The van der Waals surface area contributed by atoms with Crippen LogP contribution in [-0.2, 0) is 14.9 Å². The quantitative estimate of drug-likeness (QED) is 0.872. The number of rotatable bonds is 2. The van der Waals surface area contributed by atoms with Crippen LogP contribution in [0.1, 0.15) is 44.1 Å². The van der Waals surface area contributed by atoms with Gasteiger partial charge in [0.1, 0.15) is 5.82 Å². The van der Waals surface area contributed by atoms with Crippen molar-refractivity contribution in [3.8, 4) is 0 Å². The highest BCUT2D eigenvalue weighted by atomic mass is 35.5. The third-order valence-electron chi connectivity index (χ3n) is 6.16. The molecule has 1 amide bonds. The Morgan fingerprint density at radius 3 is 2.64 bits per heavy atom. The van der Waals surface area contributed by atoms with Gasteiger partial charge in [0.05, 0.1) is 11.7 Å². The molecule has 2 heterocycles. The summed E-state index contributed by atoms with van der Waals surface area (Å²) in [4.78, 5) is 14.9. The smallest absolute Gasteiger partial charge is 0.244 e. The Kier molecular flexibility index (Phi) is 5.37. The fraction of sp³-hybridized carbons (Fsp3) is 0.632. The molecule has 0 bridgehead atoms. The molecule has 2 aliphatic heterocycles. The number of carbonyl (C=O) groups excluding carboxylic acids is 1. The highest BCUT2D eigenvalue weighted by Gasteiger charge is 2.49. The van der Waals surface area contributed by atoms with Gasteiger partial charge >= 0.3 is 0 Å². The molecule has 1 atom stereocenters. The van der Waals surface area contributed by atoms with Crippen molar-refractivity contribution in [3.63, 3.8) is 0 Å². The fourth-order valence-corrected chi connectivity index (χ4v) is 4.84. The first kappa shape index (κ1) is 18.6. The number of benzene rings is 1. The average Bonchev–Trinajstić information content (AvgIpc) is 3.21. The Bertz CT molecular complexity index is 642. The number of amides is 1. The maximum Gasteiger partial charge on any atom is 0.244 e. The van der Waals surface area contributed by atoms with Crippen LogP contribution in [-0.4, -0.2) is 31.7 Å². The van der Waals surface area contributed by atoms with Crippen LogP contribution < -0.4 is 10.6 Å². The van der Waals surface area contributed by atoms with Crippen LogP contribution in [0.3, 0.4) is 0 Å². The maximum atomic E-state index is 14.6. The van der Waals surface area contributed by atoms with E-state index in [-0.39, 0.29) is 35.5 Å². The molecule has 2 N–H and O–H groups in total. The van der Waals surface area contributed by atoms with Gasteiger partial charge in [-0.05, 0) is 43.7 Å². The van der Waals surface area contributed by atoms with E-state index >= 15 is 0 Å². The molecule has 0 aromatic heterocycles. The van der Waals surface area contributed by atoms with E-state index < -0.39 is 6.04 Å². The fourth-order valence-electron chi connectivity index (χ4n) is 4.84. The Balaban J connectivity index is 0.00000182. The minimum absolute atomic E-state index is 0. The van der Waals surface area contributed by atoms with Gasteiger partial charge in [0.2, 0.25) is 5.91 Å². The molecule has 6 heteroatoms. The lowest BCUT2D eigenvalue weighted by Gasteiger charge is -2.31. The van der Waals surface area contributed by atoms with Gasteiger partial charge in [-0.25, -0.2) is 4.39 Å². The summed E-state index contributed by atoms with van der Waals surface area (Å²) in [7, 11) is 0. The van der Waals surface area contributed by atoms with Crippen LogP contribution in [0, 0.1) is 11.7 Å². The van der Waals surface area contributed by atoms with Crippen molar-refractivity contribution in [1.82, 2.24) is 0 Å². The van der Waals surface area contributed by atoms with E-state index in [0.717, 1.165) is 49.8 Å². The molecule has 0 radical (unpaired) electrons. The molecular weight excluding hydrogens is 343 g/mol. The number of carbonyl (C=O) groups is 1. The van der Waals surface area contributed by atoms with Crippen LogP contribution in [0.25, 0.3) is 0 Å². The van der Waals surface area contributed by atoms with E-state index in [0.29, 0.717) is 19.8 Å². The second-order valence-corrected chi connectivity index (χ2v) is 7.52. The van der Waals surface area contributed by atoms with E-state index in [4.69, 9.17) is 10.5 Å². The molecule has 3 aliphatic rings. The molecule has 1 spiro atoms. The first-order chi connectivity index (χ1) is 11.6. The maximum absolute atomic E-state index is 14.6. The number of anilines is 1. The van der Waals surface area contributed by atoms with Gasteiger partial charge in [-0.2, -0.15) is 0 Å². The summed E-state index contributed by atoms with van der Waals surface area (Å²) in [6.45, 7) is 1.92. The van der Waals surface area contributed by atoms with Gasteiger partial charge in [-0.1, -0.05) is 18.9 Å². The van der Waals surface area contributed by atoms with Gasteiger partial charge < -0.3 is 15.4 Å². The molecule has 1 aromatic carbocycles. The highest BCUT2D eigenvalue weighted by molar-refractivity contribution is 5.99. The largest absolute Gasteiger partial charge is 0.381 e. The summed E-state index contributed by atoms with van der Waals surface area (Å²) in [5, 5.41) is 0. The molecule has 1 saturated heterocycles. The van der Waals surface area contributed by atoms with Crippen molar-refractivity contribution < 1.29 is 13.9 Å². The van der Waals surface area contributed by atoms with Crippen molar-refractivity contribution in [2.24, 2.45) is 11.7 Å². The lowest BCUT2D eigenvalue weighted by molar-refractivity contribution is -0.121. The Hall–Kier alpha value is -1.17. The topological polar surface area (TPSA) is 55.6 Å². The molecular formula is C19H26ClFN2O2. The van der Waals surface area contributed by atoms with Gasteiger partial charge in [0, 0.05) is 30.7 Å². The third kappa shape index (κ3) is 3.07. The second kappa shape index (κ2) is 7.22. The van der Waals surface area contributed by atoms with Gasteiger partial charge in [-0.15, -0.1) is 12.4 Å². The molecule has 2 fully saturated rings. The van der Waals surface area contributed by atoms with Crippen LogP contribution >= 0.6 is 12.4 Å². The number of nitrogens with zero attached hydrogens (tertiary/aromatic N) is 1. The van der Waals surface area contributed by atoms with Crippen LogP contribution in [0.4, 0.5) is 10.1 Å². The first-order valence-corrected chi connectivity index (χ1v) is 9.06. The van der Waals surface area contributed by atoms with E-state index in [1.54, 1.807) is 11.0 Å². The number of nitrogens with two attached hydrogens (primary N) is 1. The van der Waals surface area contributed by atoms with Crippen molar-refractivity contribution in [2.45, 2.75) is 50.0 Å². The molecule has 1 aliphatic carbocycles. The lowest BCUT2D eigenvalue weighted by Crippen LogP contribution is -2.50. The Morgan fingerprint density at radius 1 is 1.28 bits per heavy atom. The van der Waals surface area contributed by atoms with Gasteiger partial charge in [0.25, 0.3) is 0 Å². The van der Waals surface area contributed by atoms with E-state index in [1.165, 1.54) is 6.07 Å². The van der Waals surface area contributed by atoms with Crippen molar-refractivity contribution in [3.05, 3.63) is 29.6 Å². The summed E-state index contributed by atoms with van der Waals surface area (Å²) in [5.74, 6) is -0.0785. The SMILES string of the molecule is Cl.NC(C(=O)N1CC2(CCCC2)c2c(F)cccc21)C1CCOCC1. The zero-order valence-corrected chi connectivity index (χ0v) is 15.2. The molecule has 1 saturated carbocycles. The standard InChI is InChI=1S/C19H25FN2O2.ClH/c20-14-4-3-5-15-16(14)19(8-1-2-9-19)12-22(15)18(23)17(21)13-6-10-24-11-7-13;/h3-5,13,17H,1-2,6-12,21H2;1H. The highest BCUT2D eigenvalue weighted by Crippen LogP contribution is 2.51. The van der Waals surface area contributed by atoms with Crippen molar-refractivity contribution in [2.75, 3.05) is 24.7 Å². The molecule has 138 valence electrons. The second-order valence-electron chi connectivity index (χ2n) is 7.52. The monoisotopic (exact) mass is 368 g/mol. The van der Waals surface area contributed by atoms with Gasteiger partial charge in [0.15, 0.2) is 0 Å². The van der Waals surface area contributed by atoms with E-state index in [9.17, 15) is 9.18 Å². The molecule has 4 rings (SSSR count). The molecule has 1 unspecified atom stereocenters. The Morgan fingerprint density at radius 2 is 1.96 bits per heavy atom. The number of hydrogen-bond donors (Lipinski definition) is 1. The average molecular weight is 369 g/mol. The number of hydrogen-bond acceptors (Lipinski definition) is 3. The Labute approximate surface area is 154 Å². The summed E-state index contributed by atoms with van der Waals surface area (Å²) < 4.78 is 20.0. The number of fused-ring (bicyclic) bond motifs is 2. The normalized spacial score (nSPS) is 23.4. The number of halogens is 2. The van der Waals surface area contributed by atoms with E-state index in [1.807, 2.05) is 6.07 Å². The third-order valence-corrected chi connectivity index (χ3v) is 6.16. The lowest BCUT2D eigenvalue weighted by atomic mass is 9.80. The van der Waals surface area contributed by atoms with Crippen LogP contribution in [0.2, 0.25) is 0 Å². The molecule has 25 heavy (non-hydrogen) atoms. The zero-order chi connectivity index (χ0) is 16.7. The van der Waals surface area contributed by atoms with Gasteiger partial charge in [-0.3, -0.25) is 4.79 Å². The van der Waals surface area contributed by atoms with Crippen molar-refractivity contribution in [1.29, 1.82) is 0 Å². The predicted molar refractivity (Wildman–Crippen MR) is 97.7 cm³/mol. The number of ether oxygens (including phenoxy) is 1.